The number of rotatable bonds is 3. The molecule has 0 saturated carbocycles. The monoisotopic (exact) mass is 313 g/mol. The maximum absolute atomic E-state index is 13.5. The van der Waals surface area contributed by atoms with E-state index in [0.717, 1.165) is 37.4 Å². The molecule has 0 bridgehead atoms. The second-order valence-corrected chi connectivity index (χ2v) is 5.69. The highest BCUT2D eigenvalue weighted by atomic mass is 19.1. The Hall–Kier alpha value is -2.33. The van der Waals surface area contributed by atoms with E-state index in [1.165, 1.54) is 11.8 Å². The largest absolute Gasteiger partial charge is 0.505 e. The molecule has 0 aliphatic carbocycles. The number of nitrogens with zero attached hydrogens (tertiary/aromatic N) is 1. The molecule has 0 radical (unpaired) electrons. The van der Waals surface area contributed by atoms with Gasteiger partial charge in [0.25, 0.3) is 0 Å². The molecule has 0 aromatic heterocycles. The Morgan fingerprint density at radius 1 is 1.04 bits per heavy atom. The van der Waals surface area contributed by atoms with Crippen molar-refractivity contribution in [1.29, 1.82) is 0 Å². The number of morpholine rings is 1. The van der Waals surface area contributed by atoms with Crippen LogP contribution in [-0.4, -0.2) is 31.4 Å². The minimum atomic E-state index is -0.590. The number of ether oxygens (including phenoxy) is 1. The fraction of sp³-hybridized carbons (Fsp3) is 0.263. The molecule has 0 unspecified atom stereocenters. The van der Waals surface area contributed by atoms with E-state index in [0.29, 0.717) is 5.56 Å². The predicted octanol–water partition coefficient (Wildman–Crippen LogP) is 3.85. The molecule has 4 heteroatoms. The maximum atomic E-state index is 13.5. The molecule has 1 saturated heterocycles. The summed E-state index contributed by atoms with van der Waals surface area (Å²) >= 11 is 0. The van der Waals surface area contributed by atoms with Gasteiger partial charge in [0.1, 0.15) is 0 Å². The molecule has 1 N–H and O–H groups in total. The fourth-order valence-corrected chi connectivity index (χ4v) is 2.67. The quantitative estimate of drug-likeness (QED) is 0.874. The van der Waals surface area contributed by atoms with Crippen molar-refractivity contribution in [3.05, 3.63) is 58.9 Å². The van der Waals surface area contributed by atoms with Crippen molar-refractivity contribution in [3.63, 3.8) is 0 Å². The van der Waals surface area contributed by atoms with Gasteiger partial charge in [-0.2, -0.15) is 0 Å². The molecular weight excluding hydrogens is 293 g/mol. The zero-order chi connectivity index (χ0) is 16.2. The zero-order valence-corrected chi connectivity index (χ0v) is 13.1. The Kier molecular flexibility index (Phi) is 4.63. The van der Waals surface area contributed by atoms with E-state index in [1.807, 2.05) is 24.3 Å². The van der Waals surface area contributed by atoms with E-state index in [-0.39, 0.29) is 5.75 Å². The second kappa shape index (κ2) is 6.84. The van der Waals surface area contributed by atoms with Crippen LogP contribution in [0.25, 0.3) is 12.2 Å². The zero-order valence-electron chi connectivity index (χ0n) is 13.1. The van der Waals surface area contributed by atoms with Gasteiger partial charge in [-0.25, -0.2) is 4.39 Å². The third-order valence-electron chi connectivity index (χ3n) is 4.01. The summed E-state index contributed by atoms with van der Waals surface area (Å²) in [6.45, 7) is 5.07. The molecule has 0 spiro atoms. The van der Waals surface area contributed by atoms with Gasteiger partial charge in [0.2, 0.25) is 0 Å². The average Bonchev–Trinajstić information content (AvgIpc) is 2.59. The number of aryl methyl sites for hydroxylation is 1. The summed E-state index contributed by atoms with van der Waals surface area (Å²) in [7, 11) is 0. The predicted molar refractivity (Wildman–Crippen MR) is 91.2 cm³/mol. The summed E-state index contributed by atoms with van der Waals surface area (Å²) in [5.74, 6) is -0.871. The van der Waals surface area contributed by atoms with Crippen molar-refractivity contribution >= 4 is 17.8 Å². The lowest BCUT2D eigenvalue weighted by atomic mass is 10.1. The lowest BCUT2D eigenvalue weighted by Crippen LogP contribution is -2.36. The topological polar surface area (TPSA) is 32.7 Å². The first-order chi connectivity index (χ1) is 11.1. The molecule has 1 aliphatic rings. The van der Waals surface area contributed by atoms with E-state index in [2.05, 4.69) is 17.0 Å². The van der Waals surface area contributed by atoms with Crippen molar-refractivity contribution in [3.8, 4) is 5.75 Å². The SMILES string of the molecule is Cc1cc(/C=C/c2ccc(N3CCOCC3)cc2)cc(F)c1O. The van der Waals surface area contributed by atoms with Crippen LogP contribution >= 0.6 is 0 Å². The van der Waals surface area contributed by atoms with Crippen LogP contribution < -0.4 is 4.90 Å². The van der Waals surface area contributed by atoms with Gasteiger partial charge in [0.05, 0.1) is 13.2 Å². The summed E-state index contributed by atoms with van der Waals surface area (Å²) in [4.78, 5) is 2.30. The first kappa shape index (κ1) is 15.6. The van der Waals surface area contributed by atoms with Gasteiger partial charge in [-0.1, -0.05) is 24.3 Å². The first-order valence-electron chi connectivity index (χ1n) is 7.73. The number of halogens is 1. The molecule has 1 heterocycles. The molecule has 3 nitrogen and oxygen atoms in total. The van der Waals surface area contributed by atoms with E-state index >= 15 is 0 Å². The van der Waals surface area contributed by atoms with Crippen LogP contribution in [0.1, 0.15) is 16.7 Å². The summed E-state index contributed by atoms with van der Waals surface area (Å²) in [6.07, 6.45) is 3.79. The molecule has 0 amide bonds. The Bertz CT molecular complexity index is 681. The normalized spacial score (nSPS) is 15.3. The van der Waals surface area contributed by atoms with Crippen molar-refractivity contribution < 1.29 is 14.2 Å². The highest BCUT2D eigenvalue weighted by molar-refractivity contribution is 5.71. The van der Waals surface area contributed by atoms with Crippen LogP contribution in [0.4, 0.5) is 10.1 Å². The van der Waals surface area contributed by atoms with Gasteiger partial charge in [-0.3, -0.25) is 0 Å². The van der Waals surface area contributed by atoms with Crippen LogP contribution in [0, 0.1) is 12.7 Å². The van der Waals surface area contributed by atoms with Crippen LogP contribution in [0.15, 0.2) is 36.4 Å². The Morgan fingerprint density at radius 3 is 2.35 bits per heavy atom. The van der Waals surface area contributed by atoms with Crippen molar-refractivity contribution in [2.24, 2.45) is 0 Å². The van der Waals surface area contributed by atoms with Crippen molar-refractivity contribution in [2.45, 2.75) is 6.92 Å². The Labute approximate surface area is 135 Å². The number of anilines is 1. The second-order valence-electron chi connectivity index (χ2n) is 5.69. The number of hydrogen-bond acceptors (Lipinski definition) is 3. The highest BCUT2D eigenvalue weighted by Gasteiger charge is 2.10. The number of phenols is 1. The molecule has 2 aromatic carbocycles. The van der Waals surface area contributed by atoms with Gasteiger partial charge in [0.15, 0.2) is 11.6 Å². The van der Waals surface area contributed by atoms with Gasteiger partial charge in [-0.05, 0) is 47.9 Å². The van der Waals surface area contributed by atoms with Gasteiger partial charge in [-0.15, -0.1) is 0 Å². The van der Waals surface area contributed by atoms with Crippen LogP contribution in [0.3, 0.4) is 0 Å². The average molecular weight is 313 g/mol. The molecular formula is C19H20FNO2. The number of benzene rings is 2. The van der Waals surface area contributed by atoms with Crippen LogP contribution in [-0.2, 0) is 4.74 Å². The molecule has 0 atom stereocenters. The molecule has 23 heavy (non-hydrogen) atoms. The lowest BCUT2D eigenvalue weighted by molar-refractivity contribution is 0.122. The minimum Gasteiger partial charge on any atom is -0.505 e. The smallest absolute Gasteiger partial charge is 0.165 e. The first-order valence-corrected chi connectivity index (χ1v) is 7.73. The summed E-state index contributed by atoms with van der Waals surface area (Å²) in [6, 6.07) is 11.4. The summed E-state index contributed by atoms with van der Waals surface area (Å²) < 4.78 is 18.9. The van der Waals surface area contributed by atoms with E-state index in [9.17, 15) is 9.50 Å². The Balaban J connectivity index is 1.72. The van der Waals surface area contributed by atoms with Crippen LogP contribution in [0.5, 0.6) is 5.75 Å². The summed E-state index contributed by atoms with van der Waals surface area (Å²) in [5, 5.41) is 9.46. The van der Waals surface area contributed by atoms with Crippen LogP contribution in [0.2, 0.25) is 0 Å². The highest BCUT2D eigenvalue weighted by Crippen LogP contribution is 2.23. The third kappa shape index (κ3) is 3.71. The molecule has 1 aliphatic heterocycles. The molecule has 3 rings (SSSR count). The molecule has 1 fully saturated rings. The minimum absolute atomic E-state index is 0.281. The van der Waals surface area contributed by atoms with E-state index < -0.39 is 5.82 Å². The van der Waals surface area contributed by atoms with E-state index in [4.69, 9.17) is 4.74 Å². The molecule has 2 aromatic rings. The molecule has 120 valence electrons. The maximum Gasteiger partial charge on any atom is 0.165 e. The van der Waals surface area contributed by atoms with Gasteiger partial charge >= 0.3 is 0 Å². The van der Waals surface area contributed by atoms with Crippen molar-refractivity contribution in [2.75, 3.05) is 31.2 Å². The van der Waals surface area contributed by atoms with Gasteiger partial charge < -0.3 is 14.7 Å². The lowest BCUT2D eigenvalue weighted by Gasteiger charge is -2.28. The Morgan fingerprint density at radius 2 is 1.70 bits per heavy atom. The van der Waals surface area contributed by atoms with Gasteiger partial charge in [0, 0.05) is 18.8 Å². The standard InChI is InChI=1S/C19H20FNO2/c1-14-12-16(13-18(20)19(14)22)3-2-15-4-6-17(7-5-15)21-8-10-23-11-9-21/h2-7,12-13,22H,8-11H2,1H3/b3-2+. The number of aromatic hydroxyl groups is 1. The van der Waals surface area contributed by atoms with Crippen molar-refractivity contribution in [1.82, 2.24) is 0 Å². The van der Waals surface area contributed by atoms with E-state index in [1.54, 1.807) is 13.0 Å². The fourth-order valence-electron chi connectivity index (χ4n) is 2.67. The summed E-state index contributed by atoms with van der Waals surface area (Å²) in [5.41, 5.74) is 3.51. The number of phenolic OH excluding ortho intramolecular Hbond substituents is 1. The third-order valence-corrected chi connectivity index (χ3v) is 4.01. The number of hydrogen-bond donors (Lipinski definition) is 1.